The molecule has 0 aromatic heterocycles. The molecule has 0 spiro atoms. The zero-order chi connectivity index (χ0) is 13.8. The molecular formula is C13H18OS5. The molecule has 0 saturated carbocycles. The van der Waals surface area contributed by atoms with E-state index >= 15 is 0 Å². The maximum atomic E-state index is 9.32. The van der Waals surface area contributed by atoms with Gasteiger partial charge in [0.05, 0.1) is 11.2 Å². The number of hydrogen-bond acceptors (Lipinski definition) is 6. The fourth-order valence-corrected chi connectivity index (χ4v) is 7.64. The van der Waals surface area contributed by atoms with Crippen molar-refractivity contribution in [1.82, 2.24) is 0 Å². The minimum atomic E-state index is 0.292. The van der Waals surface area contributed by atoms with Gasteiger partial charge in [-0.1, -0.05) is 0 Å². The number of rotatable bonds is 5. The lowest BCUT2D eigenvalue weighted by atomic mass is 10.2. The van der Waals surface area contributed by atoms with E-state index in [4.69, 9.17) is 0 Å². The van der Waals surface area contributed by atoms with Crippen LogP contribution in [0.2, 0.25) is 0 Å². The summed E-state index contributed by atoms with van der Waals surface area (Å²) in [5, 5.41) is 9.71. The lowest BCUT2D eigenvalue weighted by Crippen LogP contribution is -2.05. The summed E-state index contributed by atoms with van der Waals surface area (Å²) in [7, 11) is 0. The Morgan fingerprint density at radius 1 is 1.16 bits per heavy atom. The van der Waals surface area contributed by atoms with Crippen molar-refractivity contribution in [2.45, 2.75) is 24.5 Å². The summed E-state index contributed by atoms with van der Waals surface area (Å²) >= 11 is 9.36. The van der Waals surface area contributed by atoms with Crippen LogP contribution in [0.1, 0.15) is 10.1 Å². The Hall–Kier alpha value is 0.930. The number of aliphatic hydroxyl groups excluding tert-OH is 1. The first-order valence-electron chi connectivity index (χ1n) is 5.91. The highest BCUT2D eigenvalue weighted by atomic mass is 32.2. The highest BCUT2D eigenvalue weighted by Crippen LogP contribution is 2.54. The fraction of sp³-hybridized carbons (Fsp3) is 0.538. The van der Waals surface area contributed by atoms with Crippen molar-refractivity contribution in [2.75, 3.05) is 31.1 Å². The largest absolute Gasteiger partial charge is 0.395 e. The molecule has 1 saturated heterocycles. The monoisotopic (exact) mass is 350 g/mol. The first-order chi connectivity index (χ1) is 9.23. The van der Waals surface area contributed by atoms with Crippen LogP contribution in [0.15, 0.2) is 26.8 Å². The molecule has 1 N–H and O–H groups in total. The SMILES string of the molecule is CSc1cc(SC)c(C2SCC(CO)S2)c(SC)c1. The van der Waals surface area contributed by atoms with Gasteiger partial charge in [-0.05, 0) is 30.9 Å². The zero-order valence-corrected chi connectivity index (χ0v) is 15.3. The van der Waals surface area contributed by atoms with Gasteiger partial charge in [-0.2, -0.15) is 0 Å². The fourth-order valence-electron chi connectivity index (χ4n) is 1.96. The molecule has 1 aliphatic heterocycles. The van der Waals surface area contributed by atoms with E-state index in [0.29, 0.717) is 16.4 Å². The first kappa shape index (κ1) is 16.3. The van der Waals surface area contributed by atoms with Gasteiger partial charge in [0.25, 0.3) is 0 Å². The molecule has 1 heterocycles. The maximum Gasteiger partial charge on any atom is 0.0777 e. The normalized spacial score (nSPS) is 22.9. The van der Waals surface area contributed by atoms with Crippen LogP contribution in [-0.2, 0) is 0 Å². The van der Waals surface area contributed by atoms with Crippen molar-refractivity contribution < 1.29 is 5.11 Å². The molecule has 0 aliphatic carbocycles. The lowest BCUT2D eigenvalue weighted by molar-refractivity contribution is 0.301. The van der Waals surface area contributed by atoms with Gasteiger partial charge in [0.2, 0.25) is 0 Å². The number of aliphatic hydroxyl groups is 1. The van der Waals surface area contributed by atoms with Crippen LogP contribution in [0, 0.1) is 0 Å². The molecule has 1 aromatic rings. The summed E-state index contributed by atoms with van der Waals surface area (Å²) in [5.74, 6) is 1.05. The molecule has 6 heteroatoms. The van der Waals surface area contributed by atoms with Crippen LogP contribution in [0.5, 0.6) is 0 Å². The molecule has 0 radical (unpaired) electrons. The van der Waals surface area contributed by atoms with E-state index < -0.39 is 0 Å². The molecule has 1 aromatic carbocycles. The lowest BCUT2D eigenvalue weighted by Gasteiger charge is -2.18. The smallest absolute Gasteiger partial charge is 0.0777 e. The summed E-state index contributed by atoms with van der Waals surface area (Å²) in [6.45, 7) is 0.292. The Morgan fingerprint density at radius 2 is 1.79 bits per heavy atom. The van der Waals surface area contributed by atoms with Gasteiger partial charge in [-0.25, -0.2) is 0 Å². The zero-order valence-electron chi connectivity index (χ0n) is 11.2. The number of thioether (sulfide) groups is 5. The third-order valence-corrected chi connectivity index (χ3v) is 8.47. The molecule has 106 valence electrons. The van der Waals surface area contributed by atoms with Gasteiger partial charge in [0.15, 0.2) is 0 Å². The molecule has 1 aliphatic rings. The van der Waals surface area contributed by atoms with Crippen LogP contribution in [0.3, 0.4) is 0 Å². The van der Waals surface area contributed by atoms with Gasteiger partial charge in [-0.3, -0.25) is 0 Å². The number of benzene rings is 1. The Labute approximate surface area is 136 Å². The predicted molar refractivity (Wildman–Crippen MR) is 95.4 cm³/mol. The second kappa shape index (κ2) is 7.80. The average molecular weight is 351 g/mol. The molecule has 2 unspecified atom stereocenters. The van der Waals surface area contributed by atoms with Gasteiger partial charge >= 0.3 is 0 Å². The quantitative estimate of drug-likeness (QED) is 0.772. The van der Waals surface area contributed by atoms with E-state index in [0.717, 1.165) is 5.75 Å². The van der Waals surface area contributed by atoms with Crippen LogP contribution in [0.25, 0.3) is 0 Å². The Morgan fingerprint density at radius 3 is 2.21 bits per heavy atom. The Balaban J connectivity index is 2.37. The standard InChI is InChI=1S/C13H18OS5/c1-15-8-4-10(16-2)12(11(5-8)17-3)13-18-7-9(6-14)19-13/h4-5,9,13-14H,6-7H2,1-3H3. The Bertz CT molecular complexity index is 412. The van der Waals surface area contributed by atoms with E-state index in [-0.39, 0.29) is 0 Å². The highest BCUT2D eigenvalue weighted by molar-refractivity contribution is 8.20. The van der Waals surface area contributed by atoms with Crippen molar-refractivity contribution in [3.8, 4) is 0 Å². The van der Waals surface area contributed by atoms with Crippen LogP contribution in [0.4, 0.5) is 0 Å². The van der Waals surface area contributed by atoms with Crippen molar-refractivity contribution in [3.05, 3.63) is 17.7 Å². The molecule has 19 heavy (non-hydrogen) atoms. The Kier molecular flexibility index (Phi) is 6.69. The summed E-state index contributed by atoms with van der Waals surface area (Å²) in [6.07, 6.45) is 6.44. The van der Waals surface area contributed by atoms with Crippen LogP contribution >= 0.6 is 58.8 Å². The van der Waals surface area contributed by atoms with E-state index in [1.165, 1.54) is 20.2 Å². The molecule has 0 bridgehead atoms. The van der Waals surface area contributed by atoms with Crippen molar-refractivity contribution >= 4 is 58.8 Å². The van der Waals surface area contributed by atoms with Gasteiger partial charge in [0, 0.05) is 31.3 Å². The maximum absolute atomic E-state index is 9.32. The number of hydrogen-bond donors (Lipinski definition) is 1. The summed E-state index contributed by atoms with van der Waals surface area (Å²) in [4.78, 5) is 4.11. The summed E-state index contributed by atoms with van der Waals surface area (Å²) < 4.78 is 0.470. The van der Waals surface area contributed by atoms with Crippen LogP contribution < -0.4 is 0 Å². The second-order valence-electron chi connectivity index (χ2n) is 4.05. The van der Waals surface area contributed by atoms with Gasteiger partial charge in [0.1, 0.15) is 0 Å². The highest BCUT2D eigenvalue weighted by Gasteiger charge is 2.30. The molecule has 2 atom stereocenters. The minimum absolute atomic E-state index is 0.292. The van der Waals surface area contributed by atoms with Crippen molar-refractivity contribution in [3.63, 3.8) is 0 Å². The second-order valence-corrected chi connectivity index (χ2v) is 9.47. The summed E-state index contributed by atoms with van der Waals surface area (Å²) in [5.41, 5.74) is 1.46. The molecule has 1 nitrogen and oxygen atoms in total. The third kappa shape index (κ3) is 3.77. The first-order valence-corrected chi connectivity index (χ1v) is 11.6. The third-order valence-electron chi connectivity index (χ3n) is 2.94. The van der Waals surface area contributed by atoms with Crippen molar-refractivity contribution in [2.24, 2.45) is 0 Å². The van der Waals surface area contributed by atoms with E-state index in [2.05, 4.69) is 30.9 Å². The molecule has 1 fully saturated rings. The molecule has 2 rings (SSSR count). The topological polar surface area (TPSA) is 20.2 Å². The van der Waals surface area contributed by atoms with E-state index in [9.17, 15) is 5.11 Å². The predicted octanol–water partition coefficient (Wildman–Crippen LogP) is 4.69. The minimum Gasteiger partial charge on any atom is -0.395 e. The van der Waals surface area contributed by atoms with Crippen LogP contribution in [-0.4, -0.2) is 41.5 Å². The average Bonchev–Trinajstić information content (AvgIpc) is 2.94. The molecular weight excluding hydrogens is 332 g/mol. The molecule has 0 amide bonds. The summed E-state index contributed by atoms with van der Waals surface area (Å²) in [6, 6.07) is 4.61. The van der Waals surface area contributed by atoms with Gasteiger partial charge < -0.3 is 5.11 Å². The van der Waals surface area contributed by atoms with Gasteiger partial charge in [-0.15, -0.1) is 58.8 Å². The van der Waals surface area contributed by atoms with E-state index in [1.807, 2.05) is 47.0 Å². The van der Waals surface area contributed by atoms with Crippen molar-refractivity contribution in [1.29, 1.82) is 0 Å². The van der Waals surface area contributed by atoms with E-state index in [1.54, 1.807) is 11.8 Å².